The Hall–Kier alpha value is -1.50. The van der Waals surface area contributed by atoms with Crippen LogP contribution in [0.1, 0.15) is 67.2 Å². The largest absolute Gasteiger partial charge is 0.444 e. The summed E-state index contributed by atoms with van der Waals surface area (Å²) in [7, 11) is 0. The van der Waals surface area contributed by atoms with Crippen molar-refractivity contribution >= 4 is 12.1 Å². The zero-order valence-corrected chi connectivity index (χ0v) is 21.0. The number of hydrogen-bond donors (Lipinski definition) is 1. The van der Waals surface area contributed by atoms with Crippen LogP contribution in [0.3, 0.4) is 0 Å². The number of rotatable bonds is 8. The lowest BCUT2D eigenvalue weighted by atomic mass is 9.95. The average Bonchev–Trinajstić information content (AvgIpc) is 3.19. The molecule has 0 saturated carbocycles. The molecule has 0 aromatic rings. The van der Waals surface area contributed by atoms with Crippen LogP contribution in [-0.4, -0.2) is 91.3 Å². The van der Waals surface area contributed by atoms with Crippen molar-refractivity contribution in [2.45, 2.75) is 72.8 Å². The Labute approximate surface area is 190 Å². The number of likely N-dealkylation sites (tertiary alicyclic amines) is 2. The highest BCUT2D eigenvalue weighted by atomic mass is 16.6. The molecular weight excluding hydrogens is 390 g/mol. The Morgan fingerprint density at radius 1 is 1.06 bits per heavy atom. The molecule has 0 aliphatic carbocycles. The van der Waals surface area contributed by atoms with Crippen molar-refractivity contribution in [3.63, 3.8) is 0 Å². The van der Waals surface area contributed by atoms with Crippen LogP contribution < -0.4 is 5.32 Å². The van der Waals surface area contributed by atoms with Crippen molar-refractivity contribution < 1.29 is 9.53 Å². The lowest BCUT2D eigenvalue weighted by molar-refractivity contribution is 0.0163. The molecule has 2 aliphatic heterocycles. The van der Waals surface area contributed by atoms with E-state index in [1.165, 1.54) is 19.4 Å². The minimum absolute atomic E-state index is 0.176. The maximum Gasteiger partial charge on any atom is 0.410 e. The van der Waals surface area contributed by atoms with E-state index in [0.717, 1.165) is 77.1 Å². The van der Waals surface area contributed by atoms with Crippen LogP contribution in [0.5, 0.6) is 0 Å². The van der Waals surface area contributed by atoms with Gasteiger partial charge in [0.05, 0.1) is 0 Å². The summed E-state index contributed by atoms with van der Waals surface area (Å²) < 4.78 is 5.56. The highest BCUT2D eigenvalue weighted by Crippen LogP contribution is 2.22. The van der Waals surface area contributed by atoms with Gasteiger partial charge in [0.2, 0.25) is 0 Å². The van der Waals surface area contributed by atoms with Gasteiger partial charge < -0.3 is 24.8 Å². The maximum absolute atomic E-state index is 12.4. The molecule has 2 saturated heterocycles. The van der Waals surface area contributed by atoms with Gasteiger partial charge in [0.1, 0.15) is 5.60 Å². The van der Waals surface area contributed by atoms with Crippen molar-refractivity contribution in [3.8, 4) is 0 Å². The van der Waals surface area contributed by atoms with Crippen LogP contribution in [0.2, 0.25) is 0 Å². The summed E-state index contributed by atoms with van der Waals surface area (Å²) in [5.41, 5.74) is -0.437. The fourth-order valence-corrected chi connectivity index (χ4v) is 4.59. The standard InChI is InChI=1S/C24H47N5O2/c1-7-25-22(28-16-13-21(19-28)17-27(8-2)9-3)26-14-12-20-11-10-15-29(18-20)23(30)31-24(4,5)6/h20-21H,7-19H2,1-6H3,(H,25,26). The van der Waals surface area contributed by atoms with Crippen molar-refractivity contribution in [1.82, 2.24) is 20.0 Å². The molecule has 2 atom stereocenters. The minimum atomic E-state index is -0.437. The fraction of sp³-hybridized carbons (Fsp3) is 0.917. The van der Waals surface area contributed by atoms with Crippen LogP contribution in [0, 0.1) is 11.8 Å². The Bertz CT molecular complexity index is 571. The third-order valence-corrected chi connectivity index (χ3v) is 6.30. The number of hydrogen-bond acceptors (Lipinski definition) is 4. The Balaban J connectivity index is 1.83. The molecule has 0 aromatic heterocycles. The van der Waals surface area contributed by atoms with Gasteiger partial charge in [-0.1, -0.05) is 13.8 Å². The molecule has 0 aromatic carbocycles. The van der Waals surface area contributed by atoms with E-state index in [-0.39, 0.29) is 6.09 Å². The van der Waals surface area contributed by atoms with Gasteiger partial charge in [-0.2, -0.15) is 0 Å². The third kappa shape index (κ3) is 8.87. The predicted molar refractivity (Wildman–Crippen MR) is 129 cm³/mol. The van der Waals surface area contributed by atoms with E-state index < -0.39 is 5.60 Å². The Morgan fingerprint density at radius 3 is 2.42 bits per heavy atom. The van der Waals surface area contributed by atoms with Gasteiger partial charge in [-0.25, -0.2) is 4.79 Å². The summed E-state index contributed by atoms with van der Waals surface area (Å²) in [5.74, 6) is 2.29. The van der Waals surface area contributed by atoms with Crippen LogP contribution >= 0.6 is 0 Å². The minimum Gasteiger partial charge on any atom is -0.444 e. The zero-order chi connectivity index (χ0) is 22.9. The van der Waals surface area contributed by atoms with Crippen molar-refractivity contribution in [2.75, 3.05) is 58.9 Å². The topological polar surface area (TPSA) is 60.4 Å². The number of piperidine rings is 1. The summed E-state index contributed by atoms with van der Waals surface area (Å²) in [6.45, 7) is 21.3. The summed E-state index contributed by atoms with van der Waals surface area (Å²) in [4.78, 5) is 24.2. The molecule has 2 heterocycles. The first-order valence-corrected chi connectivity index (χ1v) is 12.5. The van der Waals surface area contributed by atoms with Gasteiger partial charge in [-0.3, -0.25) is 4.99 Å². The molecule has 0 spiro atoms. The van der Waals surface area contributed by atoms with E-state index in [1.54, 1.807) is 0 Å². The van der Waals surface area contributed by atoms with Crippen molar-refractivity contribution in [1.29, 1.82) is 0 Å². The van der Waals surface area contributed by atoms with E-state index in [1.807, 2.05) is 25.7 Å². The van der Waals surface area contributed by atoms with Crippen molar-refractivity contribution in [2.24, 2.45) is 16.8 Å². The molecule has 1 amide bonds. The molecule has 0 bridgehead atoms. The highest BCUT2D eigenvalue weighted by Gasteiger charge is 2.28. The molecular formula is C24H47N5O2. The second-order valence-electron chi connectivity index (χ2n) is 10.0. The van der Waals surface area contributed by atoms with Crippen LogP contribution in [-0.2, 0) is 4.74 Å². The normalized spacial score (nSPS) is 22.9. The van der Waals surface area contributed by atoms with E-state index in [0.29, 0.717) is 5.92 Å². The van der Waals surface area contributed by atoms with Gasteiger partial charge in [-0.15, -0.1) is 0 Å². The smallest absolute Gasteiger partial charge is 0.410 e. The fourth-order valence-electron chi connectivity index (χ4n) is 4.59. The molecule has 180 valence electrons. The number of carbonyl (C=O) groups excluding carboxylic acids is 1. The van der Waals surface area contributed by atoms with Crippen LogP contribution in [0.4, 0.5) is 4.79 Å². The number of nitrogens with zero attached hydrogens (tertiary/aromatic N) is 4. The lowest BCUT2D eigenvalue weighted by Crippen LogP contribution is -2.43. The first-order valence-electron chi connectivity index (χ1n) is 12.5. The Kier molecular flexibility index (Phi) is 10.4. The molecule has 7 nitrogen and oxygen atoms in total. The maximum atomic E-state index is 12.4. The van der Waals surface area contributed by atoms with Gasteiger partial charge in [0.15, 0.2) is 5.96 Å². The van der Waals surface area contributed by atoms with E-state index in [2.05, 4.69) is 35.9 Å². The molecule has 2 unspecified atom stereocenters. The molecule has 2 rings (SSSR count). The quantitative estimate of drug-likeness (QED) is 0.464. The van der Waals surface area contributed by atoms with Gasteiger partial charge >= 0.3 is 6.09 Å². The number of aliphatic imine (C=N–C) groups is 1. The molecule has 0 radical (unpaired) electrons. The number of ether oxygens (including phenoxy) is 1. The predicted octanol–water partition coefficient (Wildman–Crippen LogP) is 3.65. The average molecular weight is 438 g/mol. The van der Waals surface area contributed by atoms with Gasteiger partial charge in [-0.05, 0) is 78.3 Å². The molecule has 2 fully saturated rings. The Morgan fingerprint density at radius 2 is 1.77 bits per heavy atom. The molecule has 2 aliphatic rings. The summed E-state index contributed by atoms with van der Waals surface area (Å²) in [6, 6.07) is 0. The summed E-state index contributed by atoms with van der Waals surface area (Å²) in [6.07, 6.45) is 4.30. The summed E-state index contributed by atoms with van der Waals surface area (Å²) in [5, 5.41) is 3.49. The van der Waals surface area contributed by atoms with E-state index in [4.69, 9.17) is 9.73 Å². The van der Waals surface area contributed by atoms with Crippen LogP contribution in [0.15, 0.2) is 4.99 Å². The van der Waals surface area contributed by atoms with Crippen LogP contribution in [0.25, 0.3) is 0 Å². The molecule has 7 heteroatoms. The van der Waals surface area contributed by atoms with Crippen molar-refractivity contribution in [3.05, 3.63) is 0 Å². The lowest BCUT2D eigenvalue weighted by Gasteiger charge is -2.34. The molecule has 1 N–H and O–H groups in total. The highest BCUT2D eigenvalue weighted by molar-refractivity contribution is 5.80. The third-order valence-electron chi connectivity index (χ3n) is 6.30. The number of carbonyl (C=O) groups is 1. The van der Waals surface area contributed by atoms with Gasteiger partial charge in [0.25, 0.3) is 0 Å². The second kappa shape index (κ2) is 12.5. The molecule has 31 heavy (non-hydrogen) atoms. The first-order chi connectivity index (χ1) is 14.8. The van der Waals surface area contributed by atoms with E-state index in [9.17, 15) is 4.79 Å². The number of nitrogens with one attached hydrogen (secondary N) is 1. The SMILES string of the molecule is CCNC(=NCCC1CCCN(C(=O)OC(C)(C)C)C1)N1CCC(CN(CC)CC)C1. The zero-order valence-electron chi connectivity index (χ0n) is 21.0. The summed E-state index contributed by atoms with van der Waals surface area (Å²) >= 11 is 0. The first kappa shape index (κ1) is 25.8. The monoisotopic (exact) mass is 437 g/mol. The van der Waals surface area contributed by atoms with Gasteiger partial charge in [0, 0.05) is 45.8 Å². The number of guanidine groups is 1. The van der Waals surface area contributed by atoms with E-state index >= 15 is 0 Å². The number of amides is 1. The second-order valence-corrected chi connectivity index (χ2v) is 10.0.